The van der Waals surface area contributed by atoms with Crippen molar-refractivity contribution >= 4 is 15.8 Å². The van der Waals surface area contributed by atoms with Crippen molar-refractivity contribution in [3.8, 4) is 5.82 Å². The number of anilines is 1. The van der Waals surface area contributed by atoms with Gasteiger partial charge in [0.1, 0.15) is 5.82 Å². The Kier molecular flexibility index (Phi) is 5.01. The first kappa shape index (κ1) is 18.0. The normalized spacial score (nSPS) is 11.7. The minimum absolute atomic E-state index is 0.272. The molecule has 0 aliphatic carbocycles. The molecule has 0 atom stereocenters. The number of nitrogens with one attached hydrogen (secondary N) is 1. The first-order chi connectivity index (χ1) is 12.4. The first-order valence-corrected chi connectivity index (χ1v) is 9.42. The van der Waals surface area contributed by atoms with Crippen LogP contribution >= 0.6 is 0 Å². The summed E-state index contributed by atoms with van der Waals surface area (Å²) in [6, 6.07) is 12.3. The zero-order valence-corrected chi connectivity index (χ0v) is 15.6. The van der Waals surface area contributed by atoms with E-state index in [1.165, 1.54) is 18.4 Å². The molecule has 3 rings (SSSR count). The smallest absolute Gasteiger partial charge is 0.242 e. The zero-order chi connectivity index (χ0) is 18.7. The second-order valence-electron chi connectivity index (χ2n) is 5.93. The molecule has 0 unspecified atom stereocenters. The molecule has 0 aliphatic rings. The third kappa shape index (κ3) is 3.73. The molecule has 1 aromatic carbocycles. The van der Waals surface area contributed by atoms with Gasteiger partial charge >= 0.3 is 0 Å². The van der Waals surface area contributed by atoms with Crippen LogP contribution in [0.1, 0.15) is 11.3 Å². The summed E-state index contributed by atoms with van der Waals surface area (Å²) in [5, 5.41) is 15.7. The standard InChI is InChI=1S/C17H20N6O2S/c1-13-10-11-23(21-13)17-9-8-16(19-20-17)18-12-14-6-4-5-7-15(14)26(24,25)22(2)3/h4-11H,12H2,1-3H3,(H,18,19). The van der Waals surface area contributed by atoms with Gasteiger partial charge in [0.25, 0.3) is 0 Å². The SMILES string of the molecule is Cc1ccn(-c2ccc(NCc3ccccc3S(=O)(=O)N(C)C)nn2)n1. The molecule has 3 aromatic rings. The lowest BCUT2D eigenvalue weighted by Crippen LogP contribution is -2.23. The molecule has 0 bridgehead atoms. The van der Waals surface area contributed by atoms with E-state index >= 15 is 0 Å². The Balaban J connectivity index is 1.76. The number of aryl methyl sites for hydroxylation is 1. The molecule has 0 saturated heterocycles. The largest absolute Gasteiger partial charge is 0.364 e. The van der Waals surface area contributed by atoms with Crippen LogP contribution in [0.15, 0.2) is 53.6 Å². The van der Waals surface area contributed by atoms with Crippen LogP contribution in [0.2, 0.25) is 0 Å². The van der Waals surface area contributed by atoms with E-state index in [0.717, 1.165) is 5.69 Å². The molecule has 26 heavy (non-hydrogen) atoms. The molecular formula is C17H20N6O2S. The van der Waals surface area contributed by atoms with Gasteiger partial charge in [-0.15, -0.1) is 10.2 Å². The van der Waals surface area contributed by atoms with E-state index in [2.05, 4.69) is 20.6 Å². The van der Waals surface area contributed by atoms with Crippen molar-refractivity contribution in [2.75, 3.05) is 19.4 Å². The van der Waals surface area contributed by atoms with Gasteiger partial charge in [-0.3, -0.25) is 0 Å². The number of nitrogens with zero attached hydrogens (tertiary/aromatic N) is 5. The Morgan fingerprint density at radius 3 is 2.46 bits per heavy atom. The number of aromatic nitrogens is 4. The Hall–Kier alpha value is -2.78. The third-order valence-corrected chi connectivity index (χ3v) is 5.71. The second-order valence-corrected chi connectivity index (χ2v) is 8.05. The van der Waals surface area contributed by atoms with Gasteiger partial charge in [-0.05, 0) is 36.8 Å². The van der Waals surface area contributed by atoms with Crippen LogP contribution in [0.25, 0.3) is 5.82 Å². The van der Waals surface area contributed by atoms with Crippen molar-refractivity contribution in [1.29, 1.82) is 0 Å². The molecule has 136 valence electrons. The predicted molar refractivity (Wildman–Crippen MR) is 98.5 cm³/mol. The van der Waals surface area contributed by atoms with Crippen molar-refractivity contribution in [3.05, 3.63) is 59.9 Å². The fraction of sp³-hybridized carbons (Fsp3) is 0.235. The molecule has 0 amide bonds. The van der Waals surface area contributed by atoms with E-state index in [-0.39, 0.29) is 4.90 Å². The molecule has 2 heterocycles. The van der Waals surface area contributed by atoms with Gasteiger partial charge in [0, 0.05) is 26.8 Å². The minimum atomic E-state index is -3.51. The molecule has 0 fully saturated rings. The lowest BCUT2D eigenvalue weighted by Gasteiger charge is -2.15. The maximum atomic E-state index is 12.4. The molecule has 8 nitrogen and oxygen atoms in total. The second kappa shape index (κ2) is 7.22. The van der Waals surface area contributed by atoms with Crippen LogP contribution in [0.5, 0.6) is 0 Å². The van der Waals surface area contributed by atoms with Gasteiger partial charge in [0.05, 0.1) is 10.6 Å². The lowest BCUT2D eigenvalue weighted by atomic mass is 10.2. The minimum Gasteiger partial charge on any atom is -0.364 e. The Bertz CT molecular complexity index is 996. The Morgan fingerprint density at radius 2 is 1.85 bits per heavy atom. The average molecular weight is 372 g/mol. The van der Waals surface area contributed by atoms with Gasteiger partial charge < -0.3 is 5.32 Å². The quantitative estimate of drug-likeness (QED) is 0.710. The number of benzene rings is 1. The fourth-order valence-corrected chi connectivity index (χ4v) is 3.48. The monoisotopic (exact) mass is 372 g/mol. The van der Waals surface area contributed by atoms with Gasteiger partial charge in [-0.25, -0.2) is 17.4 Å². The molecule has 0 spiro atoms. The van der Waals surface area contributed by atoms with Crippen molar-refractivity contribution in [2.24, 2.45) is 0 Å². The highest BCUT2D eigenvalue weighted by atomic mass is 32.2. The van der Waals surface area contributed by atoms with Crippen LogP contribution in [0, 0.1) is 6.92 Å². The summed E-state index contributed by atoms with van der Waals surface area (Å²) in [6.07, 6.45) is 1.81. The van der Waals surface area contributed by atoms with Crippen LogP contribution in [-0.4, -0.2) is 46.8 Å². The average Bonchev–Trinajstić information content (AvgIpc) is 3.07. The van der Waals surface area contributed by atoms with E-state index < -0.39 is 10.0 Å². The molecule has 0 saturated carbocycles. The molecule has 2 aromatic heterocycles. The summed E-state index contributed by atoms with van der Waals surface area (Å²) in [6.45, 7) is 2.22. The number of hydrogen-bond acceptors (Lipinski definition) is 6. The van der Waals surface area contributed by atoms with Crippen molar-refractivity contribution in [1.82, 2.24) is 24.3 Å². The van der Waals surface area contributed by atoms with Crippen LogP contribution in [-0.2, 0) is 16.6 Å². The van der Waals surface area contributed by atoms with E-state index in [9.17, 15) is 8.42 Å². The highest BCUT2D eigenvalue weighted by molar-refractivity contribution is 7.89. The Morgan fingerprint density at radius 1 is 1.08 bits per heavy atom. The topological polar surface area (TPSA) is 93.0 Å². The van der Waals surface area contributed by atoms with E-state index in [1.807, 2.05) is 19.2 Å². The van der Waals surface area contributed by atoms with Gasteiger partial charge in [-0.1, -0.05) is 18.2 Å². The molecule has 0 radical (unpaired) electrons. The number of rotatable bonds is 6. The summed E-state index contributed by atoms with van der Waals surface area (Å²) in [5.41, 5.74) is 1.56. The van der Waals surface area contributed by atoms with Crippen molar-refractivity contribution in [2.45, 2.75) is 18.4 Å². The van der Waals surface area contributed by atoms with Crippen LogP contribution in [0.4, 0.5) is 5.82 Å². The van der Waals surface area contributed by atoms with Crippen molar-refractivity contribution < 1.29 is 8.42 Å². The molecule has 0 aliphatic heterocycles. The fourth-order valence-electron chi connectivity index (χ4n) is 2.37. The number of sulfonamides is 1. The van der Waals surface area contributed by atoms with Gasteiger partial charge in [0.2, 0.25) is 10.0 Å². The maximum absolute atomic E-state index is 12.4. The summed E-state index contributed by atoms with van der Waals surface area (Å²) < 4.78 is 27.7. The summed E-state index contributed by atoms with van der Waals surface area (Å²) in [4.78, 5) is 0.272. The predicted octanol–water partition coefficient (Wildman–Crippen LogP) is 1.83. The molecular weight excluding hydrogens is 352 g/mol. The van der Waals surface area contributed by atoms with Gasteiger partial charge in [0.15, 0.2) is 5.82 Å². The van der Waals surface area contributed by atoms with E-state index in [4.69, 9.17) is 0 Å². The highest BCUT2D eigenvalue weighted by Crippen LogP contribution is 2.19. The van der Waals surface area contributed by atoms with E-state index in [0.29, 0.717) is 23.7 Å². The van der Waals surface area contributed by atoms with Gasteiger partial charge in [-0.2, -0.15) is 5.10 Å². The van der Waals surface area contributed by atoms with E-state index in [1.54, 1.807) is 41.1 Å². The lowest BCUT2D eigenvalue weighted by molar-refractivity contribution is 0.520. The maximum Gasteiger partial charge on any atom is 0.242 e. The third-order valence-electron chi connectivity index (χ3n) is 3.80. The first-order valence-electron chi connectivity index (χ1n) is 7.98. The summed E-state index contributed by atoms with van der Waals surface area (Å²) in [7, 11) is -0.477. The van der Waals surface area contributed by atoms with Crippen LogP contribution < -0.4 is 5.32 Å². The molecule has 9 heteroatoms. The summed E-state index contributed by atoms with van der Waals surface area (Å²) >= 11 is 0. The summed E-state index contributed by atoms with van der Waals surface area (Å²) in [5.74, 6) is 1.16. The molecule has 1 N–H and O–H groups in total. The number of hydrogen-bond donors (Lipinski definition) is 1. The zero-order valence-electron chi connectivity index (χ0n) is 14.8. The van der Waals surface area contributed by atoms with Crippen LogP contribution in [0.3, 0.4) is 0 Å². The van der Waals surface area contributed by atoms with Crippen molar-refractivity contribution in [3.63, 3.8) is 0 Å². The highest BCUT2D eigenvalue weighted by Gasteiger charge is 2.20. The Labute approximate surface area is 152 Å².